The fourth-order valence-corrected chi connectivity index (χ4v) is 7.43. The minimum Gasteiger partial charge on any atom is -0.480 e. The number of unbranched alkanes of at least 4 members (excludes halogenated alkanes) is 19. The summed E-state index contributed by atoms with van der Waals surface area (Å²) in [7, 11) is -4.77. The molecule has 1 amide bonds. The van der Waals surface area contributed by atoms with Crippen LogP contribution in [-0.4, -0.2) is 64.9 Å². The average Bonchev–Trinajstić information content (AvgIpc) is 3.29. The summed E-state index contributed by atoms with van der Waals surface area (Å²) in [5.41, 5.74) is 0. The van der Waals surface area contributed by atoms with Crippen LogP contribution in [0, 0.1) is 0 Å². The van der Waals surface area contributed by atoms with Crippen molar-refractivity contribution in [3.05, 3.63) is 85.1 Å². The second-order valence-electron chi connectivity index (χ2n) is 17.0. The van der Waals surface area contributed by atoms with Crippen molar-refractivity contribution in [2.75, 3.05) is 19.8 Å². The fourth-order valence-electron chi connectivity index (χ4n) is 6.66. The third-order valence-electron chi connectivity index (χ3n) is 10.7. The van der Waals surface area contributed by atoms with E-state index in [0.29, 0.717) is 12.8 Å². The highest BCUT2D eigenvalue weighted by molar-refractivity contribution is 7.47. The van der Waals surface area contributed by atoms with Crippen molar-refractivity contribution in [1.82, 2.24) is 5.32 Å². The third-order valence-corrected chi connectivity index (χ3v) is 11.6. The second-order valence-corrected chi connectivity index (χ2v) is 18.5. The molecule has 0 radical (unpaired) electrons. The molecule has 12 heteroatoms. The van der Waals surface area contributed by atoms with Crippen LogP contribution in [-0.2, 0) is 32.7 Å². The molecule has 0 bridgehead atoms. The van der Waals surface area contributed by atoms with Crippen molar-refractivity contribution in [1.29, 1.82) is 0 Å². The molecule has 0 heterocycles. The van der Waals surface area contributed by atoms with Gasteiger partial charge in [0.2, 0.25) is 5.91 Å². The maximum Gasteiger partial charge on any atom is 0.472 e. The monoisotopic (exact) mass is 946 g/mol. The Kier molecular flexibility index (Phi) is 45.7. The molecule has 3 unspecified atom stereocenters. The molecule has 0 aromatic heterocycles. The van der Waals surface area contributed by atoms with Gasteiger partial charge in [0.15, 0.2) is 6.04 Å². The number of esters is 1. The number of phosphoric ester groups is 1. The average molecular weight is 946 g/mol. The van der Waals surface area contributed by atoms with Gasteiger partial charge in [0.1, 0.15) is 12.7 Å². The predicted octanol–water partition coefficient (Wildman–Crippen LogP) is 14.2. The highest BCUT2D eigenvalue weighted by Gasteiger charge is 2.28. The summed E-state index contributed by atoms with van der Waals surface area (Å²) in [5.74, 6) is -2.41. The van der Waals surface area contributed by atoms with Gasteiger partial charge in [-0.3, -0.25) is 18.6 Å². The largest absolute Gasteiger partial charge is 0.480 e. The van der Waals surface area contributed by atoms with Crippen LogP contribution in [0.15, 0.2) is 85.1 Å². The number of carbonyl (C=O) groups is 3. The smallest absolute Gasteiger partial charge is 0.472 e. The first-order valence-corrected chi connectivity index (χ1v) is 27.1. The topological polar surface area (TPSA) is 169 Å². The number of carboxylic acids is 1. The van der Waals surface area contributed by atoms with Crippen LogP contribution >= 0.6 is 7.82 Å². The fraction of sp³-hybridized carbons (Fsp3) is 0.685. The molecule has 0 aliphatic rings. The van der Waals surface area contributed by atoms with Crippen LogP contribution in [0.4, 0.5) is 0 Å². The quantitative estimate of drug-likeness (QED) is 0.0199. The summed E-state index contributed by atoms with van der Waals surface area (Å²) in [6.45, 7) is 2.53. The Hall–Kier alpha value is -3.34. The highest BCUT2D eigenvalue weighted by Crippen LogP contribution is 2.43. The van der Waals surface area contributed by atoms with E-state index in [4.69, 9.17) is 13.8 Å². The standard InChI is InChI=1S/C54H92NO10P/c1-3-5-7-9-11-13-15-17-19-21-23-24-25-26-28-30-32-34-36-38-40-42-44-46-53(58)63-47-50(56)48-64-66(61,62)65-49-51(54(59)60)55-52(57)45-43-41-39-37-35-33-31-29-27-22-20-18-16-14-12-10-8-6-4-2/h11-14,17-20,23-24,26-29,50-51,56H,3-10,15-16,21-22,25,30-49H2,1-2H3,(H,55,57)(H,59,60)(H,61,62)/b13-11-,14-12-,19-17-,20-18-,24-23-,28-26-,29-27-. The maximum absolute atomic E-state index is 12.4. The summed E-state index contributed by atoms with van der Waals surface area (Å²) in [5, 5.41) is 21.9. The van der Waals surface area contributed by atoms with Crippen molar-refractivity contribution in [2.24, 2.45) is 0 Å². The number of rotatable bonds is 47. The number of aliphatic hydroxyl groups excluding tert-OH is 1. The lowest BCUT2D eigenvalue weighted by molar-refractivity contribution is -0.147. The Morgan fingerprint density at radius 1 is 0.485 bits per heavy atom. The zero-order chi connectivity index (χ0) is 48.4. The zero-order valence-electron chi connectivity index (χ0n) is 41.2. The number of phosphoric acid groups is 1. The third kappa shape index (κ3) is 47.2. The number of aliphatic hydroxyl groups is 1. The van der Waals surface area contributed by atoms with E-state index in [1.165, 1.54) is 64.2 Å². The summed E-state index contributed by atoms with van der Waals surface area (Å²) in [6.07, 6.45) is 60.2. The van der Waals surface area contributed by atoms with E-state index in [-0.39, 0.29) is 12.8 Å². The molecule has 0 aromatic rings. The molecule has 4 N–H and O–H groups in total. The number of amides is 1. The molecule has 11 nitrogen and oxygen atoms in total. The lowest BCUT2D eigenvalue weighted by Crippen LogP contribution is -2.43. The molecule has 0 aliphatic carbocycles. The summed E-state index contributed by atoms with van der Waals surface area (Å²) in [6, 6.07) is -1.56. The van der Waals surface area contributed by atoms with Crippen molar-refractivity contribution in [3.63, 3.8) is 0 Å². The van der Waals surface area contributed by atoms with Crippen LogP contribution in [0.1, 0.15) is 206 Å². The van der Waals surface area contributed by atoms with Gasteiger partial charge in [-0.05, 0) is 96.3 Å². The van der Waals surface area contributed by atoms with Gasteiger partial charge in [0.25, 0.3) is 0 Å². The minimum absolute atomic E-state index is 0.126. The number of allylic oxidation sites excluding steroid dienone is 14. The number of aliphatic carboxylic acids is 1. The van der Waals surface area contributed by atoms with E-state index in [0.717, 1.165) is 103 Å². The van der Waals surface area contributed by atoms with E-state index >= 15 is 0 Å². The molecule has 0 rings (SSSR count). The van der Waals surface area contributed by atoms with Crippen molar-refractivity contribution < 1.29 is 47.8 Å². The van der Waals surface area contributed by atoms with Gasteiger partial charge >= 0.3 is 19.8 Å². The Labute approximate surface area is 401 Å². The number of ether oxygens (including phenoxy) is 1. The molecule has 66 heavy (non-hydrogen) atoms. The zero-order valence-corrected chi connectivity index (χ0v) is 42.1. The number of hydrogen-bond acceptors (Lipinski definition) is 8. The molecule has 0 saturated carbocycles. The molecular weight excluding hydrogens is 854 g/mol. The van der Waals surface area contributed by atoms with Gasteiger partial charge in [0, 0.05) is 12.8 Å². The first-order valence-electron chi connectivity index (χ1n) is 25.6. The Bertz CT molecular complexity index is 1440. The Morgan fingerprint density at radius 2 is 0.833 bits per heavy atom. The second kappa shape index (κ2) is 48.1. The van der Waals surface area contributed by atoms with Gasteiger partial charge in [-0.25, -0.2) is 9.36 Å². The first kappa shape index (κ1) is 62.7. The van der Waals surface area contributed by atoms with E-state index in [1.807, 2.05) is 0 Å². The molecule has 0 saturated heterocycles. The molecule has 378 valence electrons. The van der Waals surface area contributed by atoms with Gasteiger partial charge in [-0.1, -0.05) is 182 Å². The molecule has 3 atom stereocenters. The minimum atomic E-state index is -4.77. The van der Waals surface area contributed by atoms with Gasteiger partial charge in [0.05, 0.1) is 13.2 Å². The molecular formula is C54H92NO10P. The maximum atomic E-state index is 12.4. The predicted molar refractivity (Wildman–Crippen MR) is 272 cm³/mol. The lowest BCUT2D eigenvalue weighted by atomic mass is 10.1. The number of hydrogen-bond donors (Lipinski definition) is 4. The summed E-state index contributed by atoms with van der Waals surface area (Å²) < 4.78 is 26.9. The number of carboxylic acid groups (broad SMARTS) is 1. The highest BCUT2D eigenvalue weighted by atomic mass is 31.2. The van der Waals surface area contributed by atoms with Crippen LogP contribution < -0.4 is 5.32 Å². The summed E-state index contributed by atoms with van der Waals surface area (Å²) >= 11 is 0. The normalized spacial score (nSPS) is 14.2. The Balaban J connectivity index is 3.89. The van der Waals surface area contributed by atoms with Crippen LogP contribution in [0.25, 0.3) is 0 Å². The van der Waals surface area contributed by atoms with Gasteiger partial charge in [-0.15, -0.1) is 0 Å². The van der Waals surface area contributed by atoms with Gasteiger partial charge in [-0.2, -0.15) is 0 Å². The Morgan fingerprint density at radius 3 is 1.24 bits per heavy atom. The van der Waals surface area contributed by atoms with Crippen molar-refractivity contribution in [3.8, 4) is 0 Å². The van der Waals surface area contributed by atoms with E-state index < -0.39 is 57.6 Å². The van der Waals surface area contributed by atoms with Crippen LogP contribution in [0.2, 0.25) is 0 Å². The lowest BCUT2D eigenvalue weighted by Gasteiger charge is -2.18. The molecule has 0 fully saturated rings. The molecule has 0 aromatic carbocycles. The molecule has 0 spiro atoms. The van der Waals surface area contributed by atoms with Gasteiger partial charge < -0.3 is 25.2 Å². The number of carbonyl (C=O) groups excluding carboxylic acids is 2. The van der Waals surface area contributed by atoms with Crippen LogP contribution in [0.3, 0.4) is 0 Å². The van der Waals surface area contributed by atoms with Crippen molar-refractivity contribution >= 4 is 25.7 Å². The van der Waals surface area contributed by atoms with E-state index in [1.54, 1.807) is 0 Å². The summed E-state index contributed by atoms with van der Waals surface area (Å²) in [4.78, 5) is 46.1. The van der Waals surface area contributed by atoms with Crippen LogP contribution in [0.5, 0.6) is 0 Å². The molecule has 0 aliphatic heterocycles. The van der Waals surface area contributed by atoms with E-state index in [9.17, 15) is 34.1 Å². The van der Waals surface area contributed by atoms with E-state index in [2.05, 4.69) is 104 Å². The SMILES string of the molecule is CCCCC/C=C\C/C=C\C/C=C\C/C=C\CCCCCCCCCC(=O)OCC(O)COP(=O)(O)OCC(NC(=O)CCCCCCCC/C=C\C/C=C\C/C=C\CCCCC)C(=O)O. The van der Waals surface area contributed by atoms with Crippen molar-refractivity contribution in [2.45, 2.75) is 219 Å². The first-order chi connectivity index (χ1) is 32.1. The number of nitrogens with one attached hydrogen (secondary N) is 1.